The summed E-state index contributed by atoms with van der Waals surface area (Å²) in [6.07, 6.45) is 0.0713. The van der Waals surface area contributed by atoms with Crippen molar-refractivity contribution in [2.24, 2.45) is 4.99 Å². The summed E-state index contributed by atoms with van der Waals surface area (Å²) >= 11 is 1.22. The number of methoxy groups -OCH3 is 2. The maximum atomic E-state index is 12.7. The third-order valence-electron chi connectivity index (χ3n) is 4.09. The molecule has 0 saturated carbocycles. The number of amidine groups is 1. The number of rotatable bonds is 5. The summed E-state index contributed by atoms with van der Waals surface area (Å²) in [5, 5.41) is 5.35. The highest BCUT2D eigenvalue weighted by Gasteiger charge is 2.30. The molecule has 2 aromatic carbocycles. The fraction of sp³-hybridized carbons (Fsp3) is 0.250. The second kappa shape index (κ2) is 8.79. The van der Waals surface area contributed by atoms with Crippen LogP contribution in [-0.2, 0) is 9.59 Å². The minimum absolute atomic E-state index is 0.0713. The number of aliphatic imine (C=N–C) groups is 1. The number of aryl methyl sites for hydroxylation is 1. The molecule has 8 heteroatoms. The lowest BCUT2D eigenvalue weighted by Crippen LogP contribution is -2.41. The number of amides is 2. The summed E-state index contributed by atoms with van der Waals surface area (Å²) in [5.74, 6) is 0.562. The predicted molar refractivity (Wildman–Crippen MR) is 111 cm³/mol. The molecular formula is C20H21N3O4S. The minimum Gasteiger partial charge on any atom is -0.497 e. The van der Waals surface area contributed by atoms with Crippen molar-refractivity contribution < 1.29 is 19.1 Å². The molecule has 0 bridgehead atoms. The molecule has 1 saturated heterocycles. The molecule has 2 amide bonds. The van der Waals surface area contributed by atoms with Crippen LogP contribution in [0.15, 0.2) is 47.5 Å². The van der Waals surface area contributed by atoms with Gasteiger partial charge in [-0.1, -0.05) is 29.5 Å². The lowest BCUT2D eigenvalue weighted by atomic mass is 10.2. The molecule has 28 heavy (non-hydrogen) atoms. The molecule has 0 spiro atoms. The number of hydrogen-bond acceptors (Lipinski definition) is 6. The van der Waals surface area contributed by atoms with Crippen LogP contribution >= 0.6 is 11.8 Å². The van der Waals surface area contributed by atoms with Gasteiger partial charge < -0.3 is 20.1 Å². The molecular weight excluding hydrogens is 378 g/mol. The lowest BCUT2D eigenvalue weighted by molar-refractivity contribution is -0.123. The van der Waals surface area contributed by atoms with Gasteiger partial charge in [0.15, 0.2) is 5.17 Å². The van der Waals surface area contributed by atoms with Crippen molar-refractivity contribution in [2.45, 2.75) is 18.6 Å². The van der Waals surface area contributed by atoms with Gasteiger partial charge in [-0.2, -0.15) is 0 Å². The molecule has 1 atom stereocenters. The topological polar surface area (TPSA) is 89.0 Å². The van der Waals surface area contributed by atoms with Gasteiger partial charge in [0.25, 0.3) is 0 Å². The van der Waals surface area contributed by atoms with Crippen molar-refractivity contribution in [3.05, 3.63) is 48.0 Å². The van der Waals surface area contributed by atoms with E-state index in [1.807, 2.05) is 31.2 Å². The van der Waals surface area contributed by atoms with Gasteiger partial charge in [0, 0.05) is 12.5 Å². The van der Waals surface area contributed by atoms with Gasteiger partial charge in [0.05, 0.1) is 25.6 Å². The fourth-order valence-electron chi connectivity index (χ4n) is 2.60. The number of anilines is 1. The summed E-state index contributed by atoms with van der Waals surface area (Å²) in [7, 11) is 3.07. The van der Waals surface area contributed by atoms with E-state index in [9.17, 15) is 9.59 Å². The summed E-state index contributed by atoms with van der Waals surface area (Å²) in [6.45, 7) is 1.99. The van der Waals surface area contributed by atoms with Gasteiger partial charge in [-0.15, -0.1) is 0 Å². The van der Waals surface area contributed by atoms with Gasteiger partial charge in [0.1, 0.15) is 16.7 Å². The van der Waals surface area contributed by atoms with Crippen molar-refractivity contribution >= 4 is 40.1 Å². The molecule has 0 aromatic heterocycles. The van der Waals surface area contributed by atoms with E-state index < -0.39 is 5.25 Å². The summed E-state index contributed by atoms with van der Waals surface area (Å²) in [4.78, 5) is 29.2. The molecule has 2 aromatic rings. The summed E-state index contributed by atoms with van der Waals surface area (Å²) in [5.41, 5.74) is 2.35. The highest BCUT2D eigenvalue weighted by atomic mass is 32.2. The Hall–Kier alpha value is -3.00. The first-order valence-corrected chi connectivity index (χ1v) is 9.51. The van der Waals surface area contributed by atoms with E-state index in [-0.39, 0.29) is 18.2 Å². The average molecular weight is 399 g/mol. The van der Waals surface area contributed by atoms with Crippen LogP contribution in [0.25, 0.3) is 0 Å². The smallest absolute Gasteiger partial charge is 0.238 e. The molecule has 7 nitrogen and oxygen atoms in total. The monoisotopic (exact) mass is 399 g/mol. The quantitative estimate of drug-likeness (QED) is 0.806. The van der Waals surface area contributed by atoms with E-state index in [4.69, 9.17) is 9.47 Å². The minimum atomic E-state index is -0.593. The van der Waals surface area contributed by atoms with Gasteiger partial charge in [0.2, 0.25) is 11.8 Å². The van der Waals surface area contributed by atoms with Crippen LogP contribution in [0, 0.1) is 6.92 Å². The number of nitrogens with zero attached hydrogens (tertiary/aromatic N) is 1. The number of hydrogen-bond donors (Lipinski definition) is 2. The first-order valence-electron chi connectivity index (χ1n) is 8.63. The molecule has 1 heterocycles. The van der Waals surface area contributed by atoms with Crippen molar-refractivity contribution in [1.29, 1.82) is 0 Å². The Morgan fingerprint density at radius 2 is 1.93 bits per heavy atom. The second-order valence-corrected chi connectivity index (χ2v) is 7.36. The van der Waals surface area contributed by atoms with E-state index >= 15 is 0 Å². The second-order valence-electron chi connectivity index (χ2n) is 6.17. The summed E-state index contributed by atoms with van der Waals surface area (Å²) < 4.78 is 10.5. The Labute approximate surface area is 167 Å². The van der Waals surface area contributed by atoms with Gasteiger partial charge in [-0.3, -0.25) is 9.59 Å². The Bertz CT molecular complexity index is 912. The highest BCUT2D eigenvalue weighted by Crippen LogP contribution is 2.31. The van der Waals surface area contributed by atoms with Crippen LogP contribution < -0.4 is 20.1 Å². The normalized spacial score (nSPS) is 17.8. The van der Waals surface area contributed by atoms with Gasteiger partial charge in [-0.05, 0) is 31.2 Å². The first kappa shape index (κ1) is 19.8. The van der Waals surface area contributed by atoms with Crippen LogP contribution in [-0.4, -0.2) is 36.5 Å². The molecule has 1 aliphatic rings. The molecule has 1 unspecified atom stereocenters. The zero-order chi connectivity index (χ0) is 20.1. The van der Waals surface area contributed by atoms with Crippen LogP contribution in [0.2, 0.25) is 0 Å². The average Bonchev–Trinajstić information content (AvgIpc) is 2.69. The van der Waals surface area contributed by atoms with Crippen molar-refractivity contribution in [2.75, 3.05) is 19.5 Å². The predicted octanol–water partition coefficient (Wildman–Crippen LogP) is 3.26. The Morgan fingerprint density at radius 3 is 2.61 bits per heavy atom. The van der Waals surface area contributed by atoms with Crippen molar-refractivity contribution in [1.82, 2.24) is 5.32 Å². The van der Waals surface area contributed by atoms with Gasteiger partial charge >= 0.3 is 0 Å². The fourth-order valence-corrected chi connectivity index (χ4v) is 3.60. The van der Waals surface area contributed by atoms with E-state index in [0.717, 1.165) is 5.56 Å². The standard InChI is InChI=1S/C20H21N3O4S/c1-12-4-6-13(7-5-12)21-20-23-18(24)11-17(28-20)19(25)22-15-9-8-14(26-2)10-16(15)27-3/h4-10,17H,11H2,1-3H3,(H,22,25)(H,21,23,24). The number of thioether (sulfide) groups is 1. The third kappa shape index (κ3) is 4.83. The Morgan fingerprint density at radius 1 is 1.18 bits per heavy atom. The lowest BCUT2D eigenvalue weighted by Gasteiger charge is -2.22. The Balaban J connectivity index is 1.74. The van der Waals surface area contributed by atoms with Crippen LogP contribution in [0.4, 0.5) is 11.4 Å². The first-order chi connectivity index (χ1) is 13.5. The zero-order valence-electron chi connectivity index (χ0n) is 15.8. The van der Waals surface area contributed by atoms with Crippen molar-refractivity contribution in [3.63, 3.8) is 0 Å². The van der Waals surface area contributed by atoms with Crippen LogP contribution in [0.5, 0.6) is 11.5 Å². The maximum Gasteiger partial charge on any atom is 0.238 e. The van der Waals surface area contributed by atoms with Crippen LogP contribution in [0.3, 0.4) is 0 Å². The molecule has 1 aliphatic heterocycles. The zero-order valence-corrected chi connectivity index (χ0v) is 16.6. The number of carbonyl (C=O) groups is 2. The van der Waals surface area contributed by atoms with E-state index in [1.54, 1.807) is 25.3 Å². The number of nitrogens with one attached hydrogen (secondary N) is 2. The molecule has 3 rings (SSSR count). The number of benzene rings is 2. The van der Waals surface area contributed by atoms with Crippen LogP contribution in [0.1, 0.15) is 12.0 Å². The number of carbonyl (C=O) groups excluding carboxylic acids is 2. The summed E-state index contributed by atoms with van der Waals surface area (Å²) in [6, 6.07) is 12.7. The molecule has 0 radical (unpaired) electrons. The molecule has 1 fully saturated rings. The Kier molecular flexibility index (Phi) is 6.20. The molecule has 2 N–H and O–H groups in total. The van der Waals surface area contributed by atoms with E-state index in [0.29, 0.717) is 28.0 Å². The third-order valence-corrected chi connectivity index (χ3v) is 5.18. The number of ether oxygens (including phenoxy) is 2. The van der Waals surface area contributed by atoms with E-state index in [1.165, 1.54) is 18.9 Å². The maximum absolute atomic E-state index is 12.7. The molecule has 146 valence electrons. The largest absolute Gasteiger partial charge is 0.497 e. The van der Waals surface area contributed by atoms with E-state index in [2.05, 4.69) is 15.6 Å². The molecule has 0 aliphatic carbocycles. The van der Waals surface area contributed by atoms with Gasteiger partial charge in [-0.25, -0.2) is 4.99 Å². The SMILES string of the molecule is COc1ccc(NC(=O)C2CC(=O)NC(=Nc3ccc(C)cc3)S2)c(OC)c1. The van der Waals surface area contributed by atoms with Crippen molar-refractivity contribution in [3.8, 4) is 11.5 Å². The highest BCUT2D eigenvalue weighted by molar-refractivity contribution is 8.15.